The van der Waals surface area contributed by atoms with E-state index in [0.717, 1.165) is 31.6 Å². The lowest BCUT2D eigenvalue weighted by atomic mass is 9.91. The lowest BCUT2D eigenvalue weighted by molar-refractivity contribution is 0.0284. The van der Waals surface area contributed by atoms with Gasteiger partial charge in [0.05, 0.1) is 12.2 Å². The molecule has 0 bridgehead atoms. The fourth-order valence-electron chi connectivity index (χ4n) is 2.70. The zero-order valence-electron chi connectivity index (χ0n) is 10.4. The fraction of sp³-hybridized carbons (Fsp3) is 0.600. The molecule has 1 fully saturated rings. The topological polar surface area (TPSA) is 29.5 Å². The Labute approximate surface area is 103 Å². The van der Waals surface area contributed by atoms with Gasteiger partial charge in [-0.1, -0.05) is 12.1 Å². The summed E-state index contributed by atoms with van der Waals surface area (Å²) in [5.74, 6) is 1.59. The van der Waals surface area contributed by atoms with Crippen LogP contribution < -0.4 is 4.74 Å². The van der Waals surface area contributed by atoms with E-state index in [1.165, 1.54) is 24.0 Å². The molecule has 2 heteroatoms. The van der Waals surface area contributed by atoms with Gasteiger partial charge in [-0.05, 0) is 55.7 Å². The minimum atomic E-state index is -0.463. The van der Waals surface area contributed by atoms with Crippen molar-refractivity contribution in [2.24, 2.45) is 5.92 Å². The first-order valence-corrected chi connectivity index (χ1v) is 6.62. The van der Waals surface area contributed by atoms with Crippen molar-refractivity contribution in [1.29, 1.82) is 0 Å². The molecular weight excluding hydrogens is 212 g/mol. The van der Waals surface area contributed by atoms with Crippen LogP contribution in [-0.2, 0) is 12.8 Å². The first kappa shape index (κ1) is 11.1. The Kier molecular flexibility index (Phi) is 2.62. The molecule has 1 aromatic carbocycles. The standard InChI is InChI=1S/C15H20O2/c1-15(16,13-3-4-13)8-6-11-2-5-14-12(10-11)7-9-17-14/h2,5,10,13,16H,3-4,6-9H2,1H3. The Morgan fingerprint density at radius 1 is 1.41 bits per heavy atom. The van der Waals surface area contributed by atoms with Crippen LogP contribution >= 0.6 is 0 Å². The maximum atomic E-state index is 10.3. The van der Waals surface area contributed by atoms with E-state index in [1.807, 2.05) is 6.92 Å². The minimum Gasteiger partial charge on any atom is -0.493 e. The van der Waals surface area contributed by atoms with Gasteiger partial charge in [0.1, 0.15) is 5.75 Å². The van der Waals surface area contributed by atoms with Gasteiger partial charge in [-0.25, -0.2) is 0 Å². The number of aryl methyl sites for hydroxylation is 1. The van der Waals surface area contributed by atoms with Gasteiger partial charge in [0, 0.05) is 6.42 Å². The lowest BCUT2D eigenvalue weighted by Crippen LogP contribution is -2.27. The van der Waals surface area contributed by atoms with E-state index >= 15 is 0 Å². The van der Waals surface area contributed by atoms with E-state index in [4.69, 9.17) is 4.74 Å². The zero-order chi connectivity index (χ0) is 11.9. The molecule has 0 spiro atoms. The Bertz CT molecular complexity index is 419. The van der Waals surface area contributed by atoms with Crippen molar-refractivity contribution >= 4 is 0 Å². The third-order valence-electron chi connectivity index (χ3n) is 4.13. The number of hydrogen-bond donors (Lipinski definition) is 1. The first-order valence-electron chi connectivity index (χ1n) is 6.62. The molecule has 1 aliphatic carbocycles. The van der Waals surface area contributed by atoms with Crippen LogP contribution in [0.3, 0.4) is 0 Å². The second kappa shape index (κ2) is 4.02. The molecule has 1 aliphatic heterocycles. The van der Waals surface area contributed by atoms with Crippen molar-refractivity contribution in [3.05, 3.63) is 29.3 Å². The Hall–Kier alpha value is -1.02. The highest BCUT2D eigenvalue weighted by atomic mass is 16.5. The number of ether oxygens (including phenoxy) is 1. The largest absolute Gasteiger partial charge is 0.493 e. The molecule has 0 saturated heterocycles. The molecule has 0 radical (unpaired) electrons. The third-order valence-corrected chi connectivity index (χ3v) is 4.13. The van der Waals surface area contributed by atoms with Gasteiger partial charge in [-0.15, -0.1) is 0 Å². The predicted molar refractivity (Wildman–Crippen MR) is 67.3 cm³/mol. The van der Waals surface area contributed by atoms with E-state index in [1.54, 1.807) is 0 Å². The molecular formula is C15H20O2. The summed E-state index contributed by atoms with van der Waals surface area (Å²) in [6, 6.07) is 6.45. The van der Waals surface area contributed by atoms with E-state index in [-0.39, 0.29) is 0 Å². The smallest absolute Gasteiger partial charge is 0.122 e. The highest BCUT2D eigenvalue weighted by Crippen LogP contribution is 2.41. The maximum absolute atomic E-state index is 10.3. The molecule has 92 valence electrons. The molecule has 2 nitrogen and oxygen atoms in total. The van der Waals surface area contributed by atoms with Crippen LogP contribution in [0.1, 0.15) is 37.3 Å². The Balaban J connectivity index is 1.65. The van der Waals surface area contributed by atoms with Crippen molar-refractivity contribution in [1.82, 2.24) is 0 Å². The molecule has 0 amide bonds. The first-order chi connectivity index (χ1) is 8.15. The monoisotopic (exact) mass is 232 g/mol. The van der Waals surface area contributed by atoms with Crippen LogP contribution in [0.4, 0.5) is 0 Å². The van der Waals surface area contributed by atoms with Crippen molar-refractivity contribution in [3.63, 3.8) is 0 Å². The average molecular weight is 232 g/mol. The summed E-state index contributed by atoms with van der Waals surface area (Å²) < 4.78 is 5.50. The number of hydrogen-bond acceptors (Lipinski definition) is 2. The molecule has 0 aromatic heterocycles. The number of fused-ring (bicyclic) bond motifs is 1. The van der Waals surface area contributed by atoms with Crippen LogP contribution in [0.15, 0.2) is 18.2 Å². The highest BCUT2D eigenvalue weighted by molar-refractivity contribution is 5.39. The molecule has 17 heavy (non-hydrogen) atoms. The zero-order valence-corrected chi connectivity index (χ0v) is 10.4. The maximum Gasteiger partial charge on any atom is 0.122 e. The van der Waals surface area contributed by atoms with Crippen molar-refractivity contribution < 1.29 is 9.84 Å². The Morgan fingerprint density at radius 2 is 2.24 bits per heavy atom. The van der Waals surface area contributed by atoms with Gasteiger partial charge >= 0.3 is 0 Å². The van der Waals surface area contributed by atoms with E-state index in [9.17, 15) is 5.11 Å². The van der Waals surface area contributed by atoms with Crippen LogP contribution in [0, 0.1) is 5.92 Å². The molecule has 1 atom stereocenters. The minimum absolute atomic E-state index is 0.463. The van der Waals surface area contributed by atoms with Gasteiger partial charge in [-0.2, -0.15) is 0 Å². The van der Waals surface area contributed by atoms with Gasteiger partial charge in [0.25, 0.3) is 0 Å². The summed E-state index contributed by atoms with van der Waals surface area (Å²) in [7, 11) is 0. The lowest BCUT2D eigenvalue weighted by Gasteiger charge is -2.22. The van der Waals surface area contributed by atoms with Gasteiger partial charge in [-0.3, -0.25) is 0 Å². The van der Waals surface area contributed by atoms with Gasteiger partial charge < -0.3 is 9.84 Å². The molecule has 1 heterocycles. The average Bonchev–Trinajstić information content (AvgIpc) is 3.07. The van der Waals surface area contributed by atoms with Crippen LogP contribution in [-0.4, -0.2) is 17.3 Å². The molecule has 1 aromatic rings. The summed E-state index contributed by atoms with van der Waals surface area (Å²) in [4.78, 5) is 0. The van der Waals surface area contributed by atoms with Gasteiger partial charge in [0.2, 0.25) is 0 Å². The van der Waals surface area contributed by atoms with Crippen molar-refractivity contribution in [2.45, 2.75) is 44.6 Å². The van der Waals surface area contributed by atoms with E-state index in [0.29, 0.717) is 5.92 Å². The number of benzene rings is 1. The van der Waals surface area contributed by atoms with Crippen molar-refractivity contribution in [3.8, 4) is 5.75 Å². The molecule has 2 aliphatic rings. The predicted octanol–water partition coefficient (Wildman–Crippen LogP) is 2.72. The van der Waals surface area contributed by atoms with Crippen LogP contribution in [0.25, 0.3) is 0 Å². The SMILES string of the molecule is CC(O)(CCc1ccc2c(c1)CCO2)C1CC1. The van der Waals surface area contributed by atoms with E-state index in [2.05, 4.69) is 18.2 Å². The Morgan fingerprint density at radius 3 is 3.00 bits per heavy atom. The van der Waals surface area contributed by atoms with Gasteiger partial charge in [0.15, 0.2) is 0 Å². The van der Waals surface area contributed by atoms with Crippen molar-refractivity contribution in [2.75, 3.05) is 6.61 Å². The fourth-order valence-corrected chi connectivity index (χ4v) is 2.70. The highest BCUT2D eigenvalue weighted by Gasteiger charge is 2.39. The summed E-state index contributed by atoms with van der Waals surface area (Å²) in [6.07, 6.45) is 5.27. The molecule has 1 N–H and O–H groups in total. The second-order valence-corrected chi connectivity index (χ2v) is 5.67. The molecule has 1 unspecified atom stereocenters. The summed E-state index contributed by atoms with van der Waals surface area (Å²) in [5, 5.41) is 10.3. The summed E-state index contributed by atoms with van der Waals surface area (Å²) in [6.45, 7) is 2.81. The third kappa shape index (κ3) is 2.32. The van der Waals surface area contributed by atoms with Crippen LogP contribution in [0.5, 0.6) is 5.75 Å². The summed E-state index contributed by atoms with van der Waals surface area (Å²) in [5.41, 5.74) is 2.19. The number of aliphatic hydroxyl groups is 1. The number of rotatable bonds is 4. The summed E-state index contributed by atoms with van der Waals surface area (Å²) >= 11 is 0. The molecule has 3 rings (SSSR count). The van der Waals surface area contributed by atoms with Crippen LogP contribution in [0.2, 0.25) is 0 Å². The second-order valence-electron chi connectivity index (χ2n) is 5.67. The van der Waals surface area contributed by atoms with E-state index < -0.39 is 5.60 Å². The molecule has 1 saturated carbocycles. The quantitative estimate of drug-likeness (QED) is 0.865. The normalized spacial score (nSPS) is 21.8.